The maximum atomic E-state index is 13.3. The molecule has 1 aliphatic rings. The fourth-order valence-electron chi connectivity index (χ4n) is 6.16. The monoisotopic (exact) mass is 734 g/mol. The van der Waals surface area contributed by atoms with E-state index in [-0.39, 0.29) is 14.6 Å². The summed E-state index contributed by atoms with van der Waals surface area (Å²) >= 11 is 1.71. The zero-order valence-corrected chi connectivity index (χ0v) is 35.9. The van der Waals surface area contributed by atoms with Crippen molar-refractivity contribution in [2.75, 3.05) is 18.0 Å². The molecule has 52 heavy (non-hydrogen) atoms. The van der Waals surface area contributed by atoms with E-state index in [0.717, 1.165) is 49.9 Å². The van der Waals surface area contributed by atoms with Crippen LogP contribution in [-0.4, -0.2) is 18.9 Å². The topological polar surface area (TPSA) is 20.3 Å². The van der Waals surface area contributed by atoms with Crippen LogP contribution in [0.3, 0.4) is 0 Å². The third-order valence-corrected chi connectivity index (χ3v) is 9.49. The second-order valence-corrected chi connectivity index (χ2v) is 13.6. The Morgan fingerprint density at radius 2 is 1.42 bits per heavy atom. The van der Waals surface area contributed by atoms with Crippen molar-refractivity contribution in [3.05, 3.63) is 94.2 Å². The summed E-state index contributed by atoms with van der Waals surface area (Å²) < 4.78 is 0. The Hall–Kier alpha value is -2.91. The Labute approximate surface area is 329 Å². The van der Waals surface area contributed by atoms with Crippen LogP contribution >= 0.6 is 11.3 Å². The smallest absolute Gasteiger partial charge is 0.163 e. The molecule has 0 radical (unpaired) electrons. The summed E-state index contributed by atoms with van der Waals surface area (Å²) in [5, 5.41) is 4.28. The van der Waals surface area contributed by atoms with Crippen LogP contribution in [0.15, 0.2) is 83.1 Å². The highest BCUT2D eigenvalue weighted by molar-refractivity contribution is 7.08. The van der Waals surface area contributed by atoms with Crippen molar-refractivity contribution in [1.82, 2.24) is 0 Å². The molecule has 296 valence electrons. The lowest BCUT2D eigenvalue weighted by Gasteiger charge is -2.24. The number of carbonyl (C=O) groups excluding carboxylic acids is 1. The van der Waals surface area contributed by atoms with E-state index in [2.05, 4.69) is 124 Å². The van der Waals surface area contributed by atoms with E-state index in [1.807, 2.05) is 41.5 Å². The van der Waals surface area contributed by atoms with Crippen LogP contribution in [0.5, 0.6) is 0 Å². The fraction of sp³-hybridized carbons (Fsp3) is 0.571. The van der Waals surface area contributed by atoms with Crippen molar-refractivity contribution in [1.29, 1.82) is 0 Å². The van der Waals surface area contributed by atoms with E-state index >= 15 is 0 Å². The maximum Gasteiger partial charge on any atom is 0.163 e. The molecule has 1 heterocycles. The lowest BCUT2D eigenvalue weighted by Crippen LogP contribution is -2.25. The molecule has 2 atom stereocenters. The van der Waals surface area contributed by atoms with Gasteiger partial charge in [-0.05, 0) is 120 Å². The SMILES string of the molecule is C.CC.CC.CC.CC/C=C1/C=C(c2ccc(-c3ccsc3)cc2)C(=O)CCC1CCC(C)CCc1ccc(N(CCC)CCCC)cc1.CCC.[HH]. The lowest BCUT2D eigenvalue weighted by atomic mass is 9.86. The van der Waals surface area contributed by atoms with Crippen LogP contribution < -0.4 is 4.90 Å². The highest BCUT2D eigenvalue weighted by Crippen LogP contribution is 2.35. The Morgan fingerprint density at radius 3 is 1.96 bits per heavy atom. The van der Waals surface area contributed by atoms with Crippen molar-refractivity contribution >= 4 is 28.4 Å². The van der Waals surface area contributed by atoms with Gasteiger partial charge >= 0.3 is 0 Å². The Bertz CT molecular complexity index is 1310. The molecule has 2 unspecified atom stereocenters. The minimum Gasteiger partial charge on any atom is -0.372 e. The maximum absolute atomic E-state index is 13.3. The van der Waals surface area contributed by atoms with Crippen LogP contribution in [0.2, 0.25) is 0 Å². The average Bonchev–Trinajstić information content (AvgIpc) is 3.68. The minimum absolute atomic E-state index is 0. The predicted molar refractivity (Wildman–Crippen MR) is 243 cm³/mol. The molecule has 4 rings (SSSR count). The van der Waals surface area contributed by atoms with E-state index in [4.69, 9.17) is 0 Å². The molecule has 0 bridgehead atoms. The Kier molecular flexibility index (Phi) is 32.2. The number of Topliss-reactive ketones (excluding diaryl/α,β-unsaturated/α-hetero) is 1. The molecule has 2 nitrogen and oxygen atoms in total. The summed E-state index contributed by atoms with van der Waals surface area (Å²) in [7, 11) is 0. The summed E-state index contributed by atoms with van der Waals surface area (Å²) in [5.74, 6) is 1.41. The first-order valence-corrected chi connectivity index (χ1v) is 21.8. The second kappa shape index (κ2) is 32.7. The van der Waals surface area contributed by atoms with Crippen LogP contribution in [-0.2, 0) is 11.2 Å². The molecule has 0 saturated heterocycles. The summed E-state index contributed by atoms with van der Waals surface area (Å²) in [5.41, 5.74) is 8.56. The van der Waals surface area contributed by atoms with Gasteiger partial charge in [0.1, 0.15) is 0 Å². The first kappa shape index (κ1) is 51.2. The van der Waals surface area contributed by atoms with Crippen LogP contribution in [0.4, 0.5) is 5.69 Å². The third-order valence-electron chi connectivity index (χ3n) is 8.80. The molecule has 1 aromatic heterocycles. The molecule has 0 amide bonds. The fourth-order valence-corrected chi connectivity index (χ4v) is 6.83. The Morgan fingerprint density at radius 1 is 0.808 bits per heavy atom. The van der Waals surface area contributed by atoms with Gasteiger partial charge in [0.05, 0.1) is 0 Å². The first-order chi connectivity index (χ1) is 24.9. The molecular formula is C49H83NOS. The number of aryl methyl sites for hydroxylation is 1. The molecule has 0 aliphatic heterocycles. The zero-order valence-electron chi connectivity index (χ0n) is 35.1. The Balaban J connectivity index is -0.00000209. The number of unbranched alkanes of at least 4 members (excludes halogenated alkanes) is 1. The standard InChI is InChI=1S/C39H51NOS.C3H8.3C2H6.CH4.H2/c1-5-8-26-40(25-7-3)37-21-13-31(14-22-37)12-10-30(4)11-15-32-20-23-39(41)38(28-35(32)9-6-2)34-18-16-33(17-19-34)36-24-27-42-29-36;1-3-2;3*1-2;;/h9,13-14,16-19,21-22,24,27-30,32H,5-8,10-12,15,20,23,25-26H2,1-4H3;3H2,1-2H3;3*1-2H3;1H4;1H/b35-9-;;;;;;. The number of thiophene rings is 1. The van der Waals surface area contributed by atoms with Gasteiger partial charge in [-0.1, -0.05) is 152 Å². The molecule has 0 fully saturated rings. The molecule has 2 aromatic carbocycles. The molecule has 0 N–H and O–H groups in total. The van der Waals surface area contributed by atoms with Crippen molar-refractivity contribution in [2.24, 2.45) is 11.8 Å². The number of rotatable bonds is 15. The highest BCUT2D eigenvalue weighted by atomic mass is 32.1. The highest BCUT2D eigenvalue weighted by Gasteiger charge is 2.23. The van der Waals surface area contributed by atoms with Crippen LogP contribution in [0, 0.1) is 11.8 Å². The van der Waals surface area contributed by atoms with Crippen molar-refractivity contribution in [3.63, 3.8) is 0 Å². The largest absolute Gasteiger partial charge is 0.372 e. The predicted octanol–water partition coefficient (Wildman–Crippen LogP) is 16.6. The summed E-state index contributed by atoms with van der Waals surface area (Å²) in [4.78, 5) is 15.8. The van der Waals surface area contributed by atoms with Gasteiger partial charge in [0.25, 0.3) is 0 Å². The zero-order chi connectivity index (χ0) is 38.4. The first-order valence-electron chi connectivity index (χ1n) is 20.9. The third kappa shape index (κ3) is 18.7. The van der Waals surface area contributed by atoms with Crippen molar-refractivity contribution in [2.45, 2.75) is 161 Å². The van der Waals surface area contributed by atoms with Gasteiger partial charge in [-0.2, -0.15) is 11.3 Å². The lowest BCUT2D eigenvalue weighted by molar-refractivity contribution is -0.113. The minimum atomic E-state index is 0. The average molecular weight is 734 g/mol. The number of ketones is 1. The number of anilines is 1. The van der Waals surface area contributed by atoms with Crippen molar-refractivity contribution < 1.29 is 6.22 Å². The normalized spacial score (nSPS) is 14.6. The summed E-state index contributed by atoms with van der Waals surface area (Å²) in [6.07, 6.45) is 16.8. The van der Waals surface area contributed by atoms with E-state index in [0.29, 0.717) is 18.3 Å². The second-order valence-electron chi connectivity index (χ2n) is 12.9. The van der Waals surface area contributed by atoms with E-state index in [1.165, 1.54) is 66.5 Å². The summed E-state index contributed by atoms with van der Waals surface area (Å²) in [6.45, 7) is 27.7. The molecule has 0 spiro atoms. The summed E-state index contributed by atoms with van der Waals surface area (Å²) in [6, 6.07) is 20.0. The van der Waals surface area contributed by atoms with Crippen molar-refractivity contribution in [3.8, 4) is 11.1 Å². The number of hydrogen-bond donors (Lipinski definition) is 0. The van der Waals surface area contributed by atoms with E-state index in [9.17, 15) is 4.79 Å². The molecular weight excluding hydrogens is 651 g/mol. The van der Waals surface area contributed by atoms with Gasteiger partial charge < -0.3 is 4.90 Å². The van der Waals surface area contributed by atoms with Crippen LogP contribution in [0.25, 0.3) is 16.7 Å². The number of allylic oxidation sites excluding steroid dienone is 4. The van der Waals surface area contributed by atoms with E-state index < -0.39 is 0 Å². The number of benzene rings is 2. The van der Waals surface area contributed by atoms with Gasteiger partial charge in [-0.3, -0.25) is 4.79 Å². The van der Waals surface area contributed by atoms with Gasteiger partial charge in [-0.15, -0.1) is 0 Å². The van der Waals surface area contributed by atoms with Crippen LogP contribution in [0.1, 0.15) is 167 Å². The van der Waals surface area contributed by atoms with Gasteiger partial charge in [0.2, 0.25) is 0 Å². The van der Waals surface area contributed by atoms with Gasteiger partial charge in [0.15, 0.2) is 5.78 Å². The molecule has 1 aliphatic carbocycles. The van der Waals surface area contributed by atoms with Gasteiger partial charge in [0, 0.05) is 32.2 Å². The molecule has 0 saturated carbocycles. The molecule has 3 heteroatoms. The van der Waals surface area contributed by atoms with Gasteiger partial charge in [-0.25, -0.2) is 0 Å². The quantitative estimate of drug-likeness (QED) is 0.155. The van der Waals surface area contributed by atoms with E-state index in [1.54, 1.807) is 11.3 Å². The number of carbonyl (C=O) groups is 1. The number of nitrogens with zero attached hydrogens (tertiary/aromatic N) is 1. The number of hydrogen-bond acceptors (Lipinski definition) is 3. The molecule has 3 aromatic rings.